The minimum atomic E-state index is 0.559. The van der Waals surface area contributed by atoms with E-state index in [2.05, 4.69) is 4.99 Å². The maximum Gasteiger partial charge on any atom is 0.119 e. The van der Waals surface area contributed by atoms with Gasteiger partial charge in [-0.15, -0.1) is 0 Å². The van der Waals surface area contributed by atoms with E-state index in [1.165, 1.54) is 0 Å². The number of ether oxygens (including phenoxy) is 1. The molecule has 0 unspecified atom stereocenters. The molecule has 1 aromatic rings. The highest BCUT2D eigenvalue weighted by molar-refractivity contribution is 5.80. The maximum absolute atomic E-state index is 5.44. The zero-order valence-electron chi connectivity index (χ0n) is 7.95. The van der Waals surface area contributed by atoms with Crippen LogP contribution < -0.4 is 10.5 Å². The first-order valence-corrected chi connectivity index (χ1v) is 4.26. The first-order chi connectivity index (χ1) is 6.22. The largest absolute Gasteiger partial charge is 0.494 e. The van der Waals surface area contributed by atoms with Gasteiger partial charge in [0.1, 0.15) is 5.75 Å². The Morgan fingerprint density at radius 1 is 1.38 bits per heavy atom. The molecule has 2 N–H and O–H groups in total. The summed E-state index contributed by atoms with van der Waals surface area (Å²) in [6.07, 6.45) is 0. The Morgan fingerprint density at radius 3 is 2.46 bits per heavy atom. The van der Waals surface area contributed by atoms with E-state index in [0.717, 1.165) is 11.4 Å². The van der Waals surface area contributed by atoms with E-state index in [4.69, 9.17) is 10.5 Å². The van der Waals surface area contributed by atoms with Gasteiger partial charge in [0.25, 0.3) is 0 Å². The predicted molar refractivity (Wildman–Crippen MR) is 54.6 cm³/mol. The summed E-state index contributed by atoms with van der Waals surface area (Å²) in [5.74, 6) is 1.42. The van der Waals surface area contributed by atoms with Crippen LogP contribution in [0.1, 0.15) is 13.8 Å². The Morgan fingerprint density at radius 2 is 2.00 bits per heavy atom. The molecular weight excluding hydrogens is 164 g/mol. The van der Waals surface area contributed by atoms with Crippen LogP contribution >= 0.6 is 0 Å². The zero-order valence-corrected chi connectivity index (χ0v) is 7.95. The second-order valence-corrected chi connectivity index (χ2v) is 2.68. The number of hydrogen-bond donors (Lipinski definition) is 1. The molecule has 70 valence electrons. The van der Waals surface area contributed by atoms with Crippen LogP contribution in [0.15, 0.2) is 29.3 Å². The molecular formula is C10H14N2O. The summed E-state index contributed by atoms with van der Waals surface area (Å²) in [7, 11) is 0. The van der Waals surface area contributed by atoms with Crippen LogP contribution in [-0.4, -0.2) is 12.4 Å². The molecule has 3 nitrogen and oxygen atoms in total. The van der Waals surface area contributed by atoms with E-state index in [1.54, 1.807) is 6.92 Å². The van der Waals surface area contributed by atoms with E-state index >= 15 is 0 Å². The molecule has 13 heavy (non-hydrogen) atoms. The number of hydrogen-bond acceptors (Lipinski definition) is 2. The lowest BCUT2D eigenvalue weighted by Crippen LogP contribution is -2.03. The molecule has 0 aliphatic rings. The molecule has 0 heterocycles. The molecule has 0 fully saturated rings. The van der Waals surface area contributed by atoms with Crippen molar-refractivity contribution in [2.45, 2.75) is 13.8 Å². The zero-order chi connectivity index (χ0) is 9.68. The lowest BCUT2D eigenvalue weighted by atomic mass is 10.3. The number of amidine groups is 1. The SMILES string of the molecule is CCOc1ccc(N=C(C)N)cc1. The minimum absolute atomic E-state index is 0.559. The molecule has 1 aromatic carbocycles. The molecule has 0 radical (unpaired) electrons. The third-order valence-corrected chi connectivity index (χ3v) is 1.45. The maximum atomic E-state index is 5.44. The summed E-state index contributed by atoms with van der Waals surface area (Å²) >= 11 is 0. The van der Waals surface area contributed by atoms with Crippen LogP contribution in [0.5, 0.6) is 5.75 Å². The predicted octanol–water partition coefficient (Wildman–Crippen LogP) is 2.09. The van der Waals surface area contributed by atoms with Crippen LogP contribution in [0.4, 0.5) is 5.69 Å². The van der Waals surface area contributed by atoms with Crippen LogP contribution in [0, 0.1) is 0 Å². The van der Waals surface area contributed by atoms with Crippen molar-refractivity contribution >= 4 is 11.5 Å². The van der Waals surface area contributed by atoms with E-state index in [1.807, 2.05) is 31.2 Å². The number of nitrogens with zero attached hydrogens (tertiary/aromatic N) is 1. The topological polar surface area (TPSA) is 47.6 Å². The fraction of sp³-hybridized carbons (Fsp3) is 0.300. The Balaban J connectivity index is 2.75. The average molecular weight is 178 g/mol. The molecule has 3 heteroatoms. The van der Waals surface area contributed by atoms with Crippen LogP contribution in [0.3, 0.4) is 0 Å². The molecule has 0 aliphatic carbocycles. The Hall–Kier alpha value is -1.51. The Labute approximate surface area is 78.2 Å². The first-order valence-electron chi connectivity index (χ1n) is 4.26. The Bertz CT molecular complexity index is 286. The number of aliphatic imine (C=N–C) groups is 1. The van der Waals surface area contributed by atoms with Gasteiger partial charge in [-0.3, -0.25) is 0 Å². The standard InChI is InChI=1S/C10H14N2O/c1-3-13-10-6-4-9(5-7-10)12-8(2)11/h4-7H,3H2,1-2H3,(H2,11,12). The van der Waals surface area contributed by atoms with Gasteiger partial charge in [0, 0.05) is 0 Å². The fourth-order valence-corrected chi connectivity index (χ4v) is 0.987. The number of nitrogens with two attached hydrogens (primary N) is 1. The van der Waals surface area contributed by atoms with Gasteiger partial charge in [0.05, 0.1) is 18.1 Å². The molecule has 0 aromatic heterocycles. The summed E-state index contributed by atoms with van der Waals surface area (Å²) < 4.78 is 5.29. The van der Waals surface area contributed by atoms with Crippen molar-refractivity contribution in [3.8, 4) is 5.75 Å². The van der Waals surface area contributed by atoms with Crippen LogP contribution in [-0.2, 0) is 0 Å². The van der Waals surface area contributed by atoms with Crippen molar-refractivity contribution in [1.82, 2.24) is 0 Å². The van der Waals surface area contributed by atoms with Gasteiger partial charge < -0.3 is 10.5 Å². The summed E-state index contributed by atoms with van der Waals surface area (Å²) in [5.41, 5.74) is 6.29. The highest BCUT2D eigenvalue weighted by Crippen LogP contribution is 2.17. The lowest BCUT2D eigenvalue weighted by Gasteiger charge is -2.02. The second-order valence-electron chi connectivity index (χ2n) is 2.68. The minimum Gasteiger partial charge on any atom is -0.494 e. The highest BCUT2D eigenvalue weighted by atomic mass is 16.5. The number of benzene rings is 1. The molecule has 0 amide bonds. The monoisotopic (exact) mass is 178 g/mol. The van der Waals surface area contributed by atoms with E-state index in [0.29, 0.717) is 12.4 Å². The highest BCUT2D eigenvalue weighted by Gasteiger charge is 1.92. The quantitative estimate of drug-likeness (QED) is 0.569. The second kappa shape index (κ2) is 4.50. The van der Waals surface area contributed by atoms with Gasteiger partial charge >= 0.3 is 0 Å². The van der Waals surface area contributed by atoms with Crippen molar-refractivity contribution in [3.05, 3.63) is 24.3 Å². The van der Waals surface area contributed by atoms with Gasteiger partial charge in [-0.25, -0.2) is 4.99 Å². The molecule has 0 aliphatic heterocycles. The van der Waals surface area contributed by atoms with Gasteiger partial charge in [-0.2, -0.15) is 0 Å². The van der Waals surface area contributed by atoms with Crippen LogP contribution in [0.2, 0.25) is 0 Å². The summed E-state index contributed by atoms with van der Waals surface area (Å²) in [6, 6.07) is 7.51. The lowest BCUT2D eigenvalue weighted by molar-refractivity contribution is 0.340. The summed E-state index contributed by atoms with van der Waals surface area (Å²) in [5, 5.41) is 0. The molecule has 0 saturated carbocycles. The molecule has 0 atom stereocenters. The first kappa shape index (κ1) is 9.58. The van der Waals surface area contributed by atoms with Gasteiger partial charge in [-0.05, 0) is 38.1 Å². The van der Waals surface area contributed by atoms with Gasteiger partial charge in [0.15, 0.2) is 0 Å². The van der Waals surface area contributed by atoms with Gasteiger partial charge in [0.2, 0.25) is 0 Å². The molecule has 0 bridgehead atoms. The van der Waals surface area contributed by atoms with Crippen molar-refractivity contribution in [2.75, 3.05) is 6.61 Å². The molecule has 0 saturated heterocycles. The van der Waals surface area contributed by atoms with Crippen molar-refractivity contribution in [1.29, 1.82) is 0 Å². The fourth-order valence-electron chi connectivity index (χ4n) is 0.987. The third-order valence-electron chi connectivity index (χ3n) is 1.45. The normalized spacial score (nSPS) is 11.4. The summed E-state index contributed by atoms with van der Waals surface area (Å²) in [6.45, 7) is 4.39. The van der Waals surface area contributed by atoms with Crippen molar-refractivity contribution < 1.29 is 4.74 Å². The van der Waals surface area contributed by atoms with Crippen LogP contribution in [0.25, 0.3) is 0 Å². The number of rotatable bonds is 3. The van der Waals surface area contributed by atoms with Crippen molar-refractivity contribution in [2.24, 2.45) is 10.7 Å². The third kappa shape index (κ3) is 3.15. The smallest absolute Gasteiger partial charge is 0.119 e. The van der Waals surface area contributed by atoms with E-state index < -0.39 is 0 Å². The van der Waals surface area contributed by atoms with E-state index in [-0.39, 0.29) is 0 Å². The molecule has 1 rings (SSSR count). The van der Waals surface area contributed by atoms with Crippen molar-refractivity contribution in [3.63, 3.8) is 0 Å². The van der Waals surface area contributed by atoms with Gasteiger partial charge in [-0.1, -0.05) is 0 Å². The average Bonchev–Trinajstić information content (AvgIpc) is 2.08. The summed E-state index contributed by atoms with van der Waals surface area (Å²) in [4.78, 5) is 4.10. The molecule has 0 spiro atoms. The van der Waals surface area contributed by atoms with E-state index in [9.17, 15) is 0 Å². The Kier molecular flexibility index (Phi) is 3.31.